The highest BCUT2D eigenvalue weighted by atomic mass is 35.5. The largest absolute Gasteiger partial charge is 0.487 e. The molecule has 2 aromatic rings. The number of hydrogen-bond acceptors (Lipinski definition) is 3. The number of benzene rings is 1. The van der Waals surface area contributed by atoms with Crippen molar-refractivity contribution >= 4 is 17.4 Å². The fourth-order valence-corrected chi connectivity index (χ4v) is 2.26. The monoisotopic (exact) mass is 290 g/mol. The van der Waals surface area contributed by atoms with E-state index in [4.69, 9.17) is 16.3 Å². The Kier molecular flexibility index (Phi) is 4.85. The summed E-state index contributed by atoms with van der Waals surface area (Å²) >= 11 is 6.22. The van der Waals surface area contributed by atoms with Crippen LogP contribution in [0.25, 0.3) is 0 Å². The highest BCUT2D eigenvalue weighted by Crippen LogP contribution is 2.29. The van der Waals surface area contributed by atoms with Crippen molar-refractivity contribution in [2.75, 3.05) is 5.32 Å². The van der Waals surface area contributed by atoms with Gasteiger partial charge in [-0.3, -0.25) is 0 Å². The normalized spacial score (nSPS) is 12.2. The second-order valence-corrected chi connectivity index (χ2v) is 5.31. The second-order valence-electron chi connectivity index (χ2n) is 4.90. The molecule has 2 rings (SSSR count). The molecule has 0 aliphatic rings. The third kappa shape index (κ3) is 3.64. The number of nitrogens with one attached hydrogen (secondary N) is 1. The van der Waals surface area contributed by atoms with Gasteiger partial charge in [0.05, 0.1) is 12.1 Å². The third-order valence-corrected chi connectivity index (χ3v) is 3.20. The van der Waals surface area contributed by atoms with E-state index < -0.39 is 0 Å². The fourth-order valence-electron chi connectivity index (χ4n) is 1.96. The van der Waals surface area contributed by atoms with Crippen LogP contribution in [0.5, 0.6) is 5.75 Å². The summed E-state index contributed by atoms with van der Waals surface area (Å²) in [4.78, 5) is 4.35. The van der Waals surface area contributed by atoms with Crippen molar-refractivity contribution < 1.29 is 4.74 Å². The first-order valence-corrected chi connectivity index (χ1v) is 7.08. The van der Waals surface area contributed by atoms with Crippen LogP contribution >= 0.6 is 11.6 Å². The van der Waals surface area contributed by atoms with Crippen LogP contribution < -0.4 is 10.1 Å². The van der Waals surface area contributed by atoms with Crippen LogP contribution in [0, 0.1) is 0 Å². The summed E-state index contributed by atoms with van der Waals surface area (Å²) in [7, 11) is 0. The van der Waals surface area contributed by atoms with Gasteiger partial charge in [-0.2, -0.15) is 0 Å². The van der Waals surface area contributed by atoms with Crippen molar-refractivity contribution in [1.82, 2.24) is 4.98 Å². The van der Waals surface area contributed by atoms with Gasteiger partial charge >= 0.3 is 0 Å². The van der Waals surface area contributed by atoms with Gasteiger partial charge in [-0.1, -0.05) is 29.8 Å². The Morgan fingerprint density at radius 2 is 1.85 bits per heavy atom. The maximum atomic E-state index is 6.22. The molecule has 0 spiro atoms. The average molecular weight is 291 g/mol. The molecule has 0 saturated heterocycles. The van der Waals surface area contributed by atoms with Gasteiger partial charge in [0.15, 0.2) is 11.6 Å². The molecule has 3 nitrogen and oxygen atoms in total. The molecular formula is C16H19ClN2O. The number of pyridine rings is 1. The second kappa shape index (κ2) is 6.62. The number of aromatic nitrogens is 1. The van der Waals surface area contributed by atoms with Gasteiger partial charge < -0.3 is 10.1 Å². The smallest absolute Gasteiger partial charge is 0.169 e. The molecule has 4 heteroatoms. The molecule has 0 saturated carbocycles. The van der Waals surface area contributed by atoms with Gasteiger partial charge in [-0.25, -0.2) is 4.98 Å². The molecule has 0 amide bonds. The molecule has 1 N–H and O–H groups in total. The van der Waals surface area contributed by atoms with E-state index in [0.29, 0.717) is 0 Å². The molecule has 0 radical (unpaired) electrons. The predicted molar refractivity (Wildman–Crippen MR) is 83.5 cm³/mol. The molecule has 1 atom stereocenters. The minimum atomic E-state index is 0.0492. The highest BCUT2D eigenvalue weighted by molar-refractivity contribution is 6.31. The van der Waals surface area contributed by atoms with Crippen molar-refractivity contribution in [2.45, 2.75) is 32.9 Å². The van der Waals surface area contributed by atoms with Crippen LogP contribution in [-0.4, -0.2) is 11.1 Å². The Hall–Kier alpha value is -1.74. The van der Waals surface area contributed by atoms with Gasteiger partial charge in [0, 0.05) is 11.2 Å². The lowest BCUT2D eigenvalue weighted by Crippen LogP contribution is -2.12. The van der Waals surface area contributed by atoms with Gasteiger partial charge in [0.2, 0.25) is 0 Å². The summed E-state index contributed by atoms with van der Waals surface area (Å²) in [6.07, 6.45) is 1.85. The zero-order chi connectivity index (χ0) is 14.5. The summed E-state index contributed by atoms with van der Waals surface area (Å²) in [5, 5.41) is 4.10. The summed E-state index contributed by atoms with van der Waals surface area (Å²) in [6, 6.07) is 11.6. The van der Waals surface area contributed by atoms with Gasteiger partial charge in [0.25, 0.3) is 0 Å². The zero-order valence-corrected chi connectivity index (χ0v) is 12.7. The highest BCUT2D eigenvalue weighted by Gasteiger charge is 2.13. The Balaban J connectivity index is 2.20. The van der Waals surface area contributed by atoms with Crippen molar-refractivity contribution in [3.63, 3.8) is 0 Å². The summed E-state index contributed by atoms with van der Waals surface area (Å²) in [5.41, 5.74) is 1.04. The van der Waals surface area contributed by atoms with Crippen LogP contribution in [0.3, 0.4) is 0 Å². The number of halogens is 1. The SMILES string of the molecule is CC(C)Oc1cccnc1NC(C)c1ccccc1Cl. The lowest BCUT2D eigenvalue weighted by Gasteiger charge is -2.19. The summed E-state index contributed by atoms with van der Waals surface area (Å²) in [6.45, 7) is 6.04. The number of hydrogen-bond donors (Lipinski definition) is 1. The van der Waals surface area contributed by atoms with E-state index >= 15 is 0 Å². The van der Waals surface area contributed by atoms with Crippen LogP contribution in [0.2, 0.25) is 5.02 Å². The van der Waals surface area contributed by atoms with E-state index in [0.717, 1.165) is 22.2 Å². The van der Waals surface area contributed by atoms with Gasteiger partial charge in [-0.05, 0) is 44.5 Å². The fraction of sp³-hybridized carbons (Fsp3) is 0.312. The predicted octanol–water partition coefficient (Wildman–Crippen LogP) is 4.70. The van der Waals surface area contributed by atoms with E-state index in [1.54, 1.807) is 6.20 Å². The minimum Gasteiger partial charge on any atom is -0.487 e. The summed E-state index contributed by atoms with van der Waals surface area (Å²) in [5.74, 6) is 1.48. The summed E-state index contributed by atoms with van der Waals surface area (Å²) < 4.78 is 5.75. The number of ether oxygens (including phenoxy) is 1. The lowest BCUT2D eigenvalue weighted by molar-refractivity contribution is 0.242. The molecule has 1 unspecified atom stereocenters. The quantitative estimate of drug-likeness (QED) is 0.867. The van der Waals surface area contributed by atoms with Crippen molar-refractivity contribution in [3.8, 4) is 5.75 Å². The van der Waals surface area contributed by atoms with Gasteiger partial charge in [0.1, 0.15) is 0 Å². The first kappa shape index (κ1) is 14.7. The van der Waals surface area contributed by atoms with Crippen molar-refractivity contribution in [3.05, 3.63) is 53.2 Å². The first-order valence-electron chi connectivity index (χ1n) is 6.70. The van der Waals surface area contributed by atoms with Crippen LogP contribution in [0.1, 0.15) is 32.4 Å². The molecule has 0 aliphatic carbocycles. The van der Waals surface area contributed by atoms with E-state index in [-0.39, 0.29) is 12.1 Å². The topological polar surface area (TPSA) is 34.1 Å². The first-order chi connectivity index (χ1) is 9.58. The number of anilines is 1. The van der Waals surface area contributed by atoms with Crippen LogP contribution in [0.4, 0.5) is 5.82 Å². The van der Waals surface area contributed by atoms with Crippen molar-refractivity contribution in [1.29, 1.82) is 0 Å². The van der Waals surface area contributed by atoms with Gasteiger partial charge in [-0.15, -0.1) is 0 Å². The van der Waals surface area contributed by atoms with E-state index in [2.05, 4.69) is 17.2 Å². The number of rotatable bonds is 5. The molecule has 1 aromatic heterocycles. The van der Waals surface area contributed by atoms with Crippen LogP contribution in [0.15, 0.2) is 42.6 Å². The third-order valence-electron chi connectivity index (χ3n) is 2.86. The van der Waals surface area contributed by atoms with Crippen molar-refractivity contribution in [2.24, 2.45) is 0 Å². The van der Waals surface area contributed by atoms with E-state index in [9.17, 15) is 0 Å². The van der Waals surface area contributed by atoms with E-state index in [1.807, 2.05) is 50.2 Å². The zero-order valence-electron chi connectivity index (χ0n) is 11.9. The molecule has 0 bridgehead atoms. The standard InChI is InChI=1S/C16H19ClN2O/c1-11(2)20-15-9-6-10-18-16(15)19-12(3)13-7-4-5-8-14(13)17/h4-12H,1-3H3,(H,18,19). The average Bonchev–Trinajstić information content (AvgIpc) is 2.41. The van der Waals surface area contributed by atoms with Crippen LogP contribution in [-0.2, 0) is 0 Å². The molecule has 0 fully saturated rings. The molecular weight excluding hydrogens is 272 g/mol. The molecule has 0 aliphatic heterocycles. The molecule has 1 heterocycles. The number of nitrogens with zero attached hydrogens (tertiary/aromatic N) is 1. The Bertz CT molecular complexity index is 572. The Morgan fingerprint density at radius 3 is 2.55 bits per heavy atom. The minimum absolute atomic E-state index is 0.0492. The molecule has 1 aromatic carbocycles. The Labute approximate surface area is 124 Å². The molecule has 20 heavy (non-hydrogen) atoms. The van der Waals surface area contributed by atoms with E-state index in [1.165, 1.54) is 0 Å². The lowest BCUT2D eigenvalue weighted by atomic mass is 10.1. The molecule has 106 valence electrons. The maximum absolute atomic E-state index is 6.22. The maximum Gasteiger partial charge on any atom is 0.169 e. The Morgan fingerprint density at radius 1 is 1.10 bits per heavy atom.